The molecular weight excluding hydrogens is 169 g/mol. The quantitative estimate of drug-likeness (QED) is 0.754. The van der Waals surface area contributed by atoms with Crippen LogP contribution in [0.15, 0.2) is 18.2 Å². The summed E-state index contributed by atoms with van der Waals surface area (Å²) in [4.78, 5) is 11.0. The maximum absolute atomic E-state index is 12.8. The Morgan fingerprint density at radius 2 is 2.15 bits per heavy atom. The Hall–Kier alpha value is -1.22. The second-order valence-electron chi connectivity index (χ2n) is 3.09. The molecule has 0 amide bonds. The largest absolute Gasteiger partial charge is 0.318 e. The van der Waals surface area contributed by atoms with Gasteiger partial charge in [-0.05, 0) is 37.1 Å². The van der Waals surface area contributed by atoms with E-state index in [9.17, 15) is 9.18 Å². The molecule has 0 aliphatic rings. The third-order valence-corrected chi connectivity index (χ3v) is 2.01. The lowest BCUT2D eigenvalue weighted by Gasteiger charge is -2.11. The molecule has 1 rings (SSSR count). The van der Waals surface area contributed by atoms with Crippen molar-refractivity contribution in [2.45, 2.75) is 19.9 Å². The zero-order valence-electron chi connectivity index (χ0n) is 7.67. The zero-order valence-corrected chi connectivity index (χ0v) is 7.67. The van der Waals surface area contributed by atoms with Crippen LogP contribution in [0.2, 0.25) is 0 Å². The van der Waals surface area contributed by atoms with Crippen molar-refractivity contribution in [3.63, 3.8) is 0 Å². The van der Waals surface area contributed by atoms with E-state index in [1.807, 2.05) is 0 Å². The minimum Gasteiger partial charge on any atom is -0.318 e. The smallest absolute Gasteiger partial charge is 0.150 e. The van der Waals surface area contributed by atoms with E-state index in [4.69, 9.17) is 5.73 Å². The third-order valence-electron chi connectivity index (χ3n) is 2.01. The van der Waals surface area contributed by atoms with Gasteiger partial charge in [-0.3, -0.25) is 4.79 Å². The van der Waals surface area contributed by atoms with Gasteiger partial charge in [0.1, 0.15) is 5.82 Å². The van der Waals surface area contributed by atoms with Gasteiger partial charge in [-0.15, -0.1) is 0 Å². The van der Waals surface area contributed by atoms with Crippen molar-refractivity contribution < 1.29 is 9.18 Å². The van der Waals surface area contributed by atoms with Crippen molar-refractivity contribution in [2.75, 3.05) is 0 Å². The first-order valence-corrected chi connectivity index (χ1v) is 4.04. The van der Waals surface area contributed by atoms with E-state index in [1.165, 1.54) is 19.1 Å². The molecule has 1 atom stereocenters. The van der Waals surface area contributed by atoms with Crippen molar-refractivity contribution >= 4 is 5.78 Å². The second kappa shape index (κ2) is 3.66. The standard InChI is InChI=1S/C10H12FNO/c1-6-3-4-8(11)5-9(6)10(12)7(2)13/h3-5,10H,12H2,1-2H3. The molecule has 2 nitrogen and oxygen atoms in total. The lowest BCUT2D eigenvalue weighted by atomic mass is 9.99. The molecule has 1 aromatic rings. The van der Waals surface area contributed by atoms with E-state index >= 15 is 0 Å². The number of hydrogen-bond donors (Lipinski definition) is 1. The van der Waals surface area contributed by atoms with Gasteiger partial charge in [0.25, 0.3) is 0 Å². The maximum atomic E-state index is 12.8. The van der Waals surface area contributed by atoms with Crippen LogP contribution in [-0.2, 0) is 4.79 Å². The summed E-state index contributed by atoms with van der Waals surface area (Å²) >= 11 is 0. The highest BCUT2D eigenvalue weighted by molar-refractivity contribution is 5.83. The van der Waals surface area contributed by atoms with E-state index in [0.29, 0.717) is 5.56 Å². The Morgan fingerprint density at radius 1 is 1.54 bits per heavy atom. The topological polar surface area (TPSA) is 43.1 Å². The highest BCUT2D eigenvalue weighted by Crippen LogP contribution is 2.17. The molecule has 13 heavy (non-hydrogen) atoms. The Balaban J connectivity index is 3.12. The van der Waals surface area contributed by atoms with Gasteiger partial charge in [0, 0.05) is 0 Å². The van der Waals surface area contributed by atoms with Crippen molar-refractivity contribution in [2.24, 2.45) is 5.73 Å². The first-order valence-electron chi connectivity index (χ1n) is 4.04. The van der Waals surface area contributed by atoms with Crippen LogP contribution >= 0.6 is 0 Å². The maximum Gasteiger partial charge on any atom is 0.150 e. The fourth-order valence-corrected chi connectivity index (χ4v) is 1.17. The third kappa shape index (κ3) is 2.12. The normalized spacial score (nSPS) is 12.6. The van der Waals surface area contributed by atoms with Crippen LogP contribution in [-0.4, -0.2) is 5.78 Å². The minimum atomic E-state index is -0.712. The van der Waals surface area contributed by atoms with E-state index in [1.54, 1.807) is 13.0 Å². The van der Waals surface area contributed by atoms with Gasteiger partial charge in [0.2, 0.25) is 0 Å². The number of benzene rings is 1. The number of aryl methyl sites for hydroxylation is 1. The molecule has 0 fully saturated rings. The number of carbonyl (C=O) groups excluding carboxylic acids is 1. The van der Waals surface area contributed by atoms with E-state index in [0.717, 1.165) is 5.56 Å². The van der Waals surface area contributed by atoms with Gasteiger partial charge in [-0.2, -0.15) is 0 Å². The monoisotopic (exact) mass is 181 g/mol. The number of nitrogens with two attached hydrogens (primary N) is 1. The number of ketones is 1. The van der Waals surface area contributed by atoms with Crippen LogP contribution in [0.5, 0.6) is 0 Å². The fraction of sp³-hybridized carbons (Fsp3) is 0.300. The van der Waals surface area contributed by atoms with Crippen molar-refractivity contribution in [3.05, 3.63) is 35.1 Å². The van der Waals surface area contributed by atoms with Gasteiger partial charge in [-0.25, -0.2) is 4.39 Å². The molecular formula is C10H12FNO. The zero-order chi connectivity index (χ0) is 10.0. The average Bonchev–Trinajstić information content (AvgIpc) is 2.08. The van der Waals surface area contributed by atoms with Crippen LogP contribution < -0.4 is 5.73 Å². The summed E-state index contributed by atoms with van der Waals surface area (Å²) in [5, 5.41) is 0. The van der Waals surface area contributed by atoms with Gasteiger partial charge >= 0.3 is 0 Å². The van der Waals surface area contributed by atoms with E-state index in [-0.39, 0.29) is 11.6 Å². The number of Topliss-reactive ketones (excluding diaryl/α,β-unsaturated/α-hetero) is 1. The predicted octanol–water partition coefficient (Wildman–Crippen LogP) is 1.72. The van der Waals surface area contributed by atoms with E-state index < -0.39 is 6.04 Å². The Kier molecular flexibility index (Phi) is 2.78. The summed E-state index contributed by atoms with van der Waals surface area (Å²) in [5.41, 5.74) is 6.99. The molecule has 0 saturated carbocycles. The summed E-state index contributed by atoms with van der Waals surface area (Å²) in [5.74, 6) is -0.522. The lowest BCUT2D eigenvalue weighted by Crippen LogP contribution is -2.19. The number of rotatable bonds is 2. The Bertz CT molecular complexity index is 336. The molecule has 0 saturated heterocycles. The molecule has 0 heterocycles. The number of halogens is 1. The summed E-state index contributed by atoms with van der Waals surface area (Å²) in [6.07, 6.45) is 0. The van der Waals surface area contributed by atoms with Crippen LogP contribution in [0.25, 0.3) is 0 Å². The Labute approximate surface area is 76.6 Å². The van der Waals surface area contributed by atoms with Crippen LogP contribution in [0, 0.1) is 12.7 Å². The van der Waals surface area contributed by atoms with Crippen molar-refractivity contribution in [1.29, 1.82) is 0 Å². The molecule has 1 unspecified atom stereocenters. The highest BCUT2D eigenvalue weighted by atomic mass is 19.1. The second-order valence-corrected chi connectivity index (χ2v) is 3.09. The average molecular weight is 181 g/mol. The summed E-state index contributed by atoms with van der Waals surface area (Å²) in [7, 11) is 0. The summed E-state index contributed by atoms with van der Waals surface area (Å²) < 4.78 is 12.8. The fourth-order valence-electron chi connectivity index (χ4n) is 1.17. The molecule has 2 N–H and O–H groups in total. The molecule has 0 spiro atoms. The number of hydrogen-bond acceptors (Lipinski definition) is 2. The van der Waals surface area contributed by atoms with Gasteiger partial charge in [0.15, 0.2) is 5.78 Å². The molecule has 0 aliphatic heterocycles. The van der Waals surface area contributed by atoms with Crippen molar-refractivity contribution in [3.8, 4) is 0 Å². The molecule has 1 aromatic carbocycles. The van der Waals surface area contributed by atoms with Crippen LogP contribution in [0.3, 0.4) is 0 Å². The molecule has 0 aromatic heterocycles. The van der Waals surface area contributed by atoms with Crippen LogP contribution in [0.1, 0.15) is 24.1 Å². The molecule has 0 bridgehead atoms. The summed E-state index contributed by atoms with van der Waals surface area (Å²) in [6, 6.07) is 3.57. The molecule has 70 valence electrons. The molecule has 3 heteroatoms. The number of carbonyl (C=O) groups is 1. The first-order chi connectivity index (χ1) is 6.02. The van der Waals surface area contributed by atoms with Gasteiger partial charge < -0.3 is 5.73 Å². The van der Waals surface area contributed by atoms with Crippen LogP contribution in [0.4, 0.5) is 4.39 Å². The lowest BCUT2D eigenvalue weighted by molar-refractivity contribution is -0.118. The van der Waals surface area contributed by atoms with Gasteiger partial charge in [-0.1, -0.05) is 6.07 Å². The van der Waals surface area contributed by atoms with Crippen molar-refractivity contribution in [1.82, 2.24) is 0 Å². The predicted molar refractivity (Wildman–Crippen MR) is 48.7 cm³/mol. The SMILES string of the molecule is CC(=O)C(N)c1cc(F)ccc1C. The van der Waals surface area contributed by atoms with Gasteiger partial charge in [0.05, 0.1) is 6.04 Å². The minimum absolute atomic E-state index is 0.159. The summed E-state index contributed by atoms with van der Waals surface area (Å²) in [6.45, 7) is 3.20. The van der Waals surface area contributed by atoms with E-state index in [2.05, 4.69) is 0 Å². The Morgan fingerprint density at radius 3 is 2.69 bits per heavy atom. The molecule has 0 aliphatic carbocycles. The highest BCUT2D eigenvalue weighted by Gasteiger charge is 2.13. The first kappa shape index (κ1) is 9.86. The molecule has 0 radical (unpaired) electrons.